The van der Waals surface area contributed by atoms with Gasteiger partial charge >= 0.3 is 0 Å². The molecule has 1 aliphatic heterocycles. The van der Waals surface area contributed by atoms with Crippen LogP contribution in [0.15, 0.2) is 24.5 Å². The molecule has 32 heavy (non-hydrogen) atoms. The Labute approximate surface area is 187 Å². The Morgan fingerprint density at radius 3 is 2.72 bits per heavy atom. The number of hydrogen-bond donors (Lipinski definition) is 1. The van der Waals surface area contributed by atoms with Crippen LogP contribution in [0, 0.1) is 24.2 Å². The number of aromatic nitrogens is 5. The topological polar surface area (TPSA) is 105 Å². The average molecular weight is 433 g/mol. The third kappa shape index (κ3) is 3.98. The minimum Gasteiger partial charge on any atom is -0.381 e. The highest BCUT2D eigenvalue weighted by Gasteiger charge is 2.28. The molecule has 3 aromatic heterocycles. The van der Waals surface area contributed by atoms with Crippen LogP contribution in [0.25, 0.3) is 11.0 Å². The first kappa shape index (κ1) is 20.6. The molecule has 5 rings (SSSR count). The monoisotopic (exact) mass is 432 g/mol. The predicted octanol–water partition coefficient (Wildman–Crippen LogP) is 3.75. The van der Waals surface area contributed by atoms with Gasteiger partial charge in [-0.2, -0.15) is 10.2 Å². The van der Waals surface area contributed by atoms with E-state index >= 15 is 0 Å². The second-order valence-electron chi connectivity index (χ2n) is 8.67. The number of nitriles is 1. The van der Waals surface area contributed by atoms with Crippen LogP contribution >= 0.6 is 0 Å². The van der Waals surface area contributed by atoms with Gasteiger partial charge in [-0.25, -0.2) is 15.0 Å². The van der Waals surface area contributed by atoms with Gasteiger partial charge in [-0.15, -0.1) is 0 Å². The summed E-state index contributed by atoms with van der Waals surface area (Å²) in [6.45, 7) is 3.79. The largest absolute Gasteiger partial charge is 0.381 e. The van der Waals surface area contributed by atoms with E-state index in [2.05, 4.69) is 30.8 Å². The Morgan fingerprint density at radius 1 is 1.12 bits per heavy atom. The highest BCUT2D eigenvalue weighted by Crippen LogP contribution is 2.37. The molecule has 3 aromatic rings. The van der Waals surface area contributed by atoms with Gasteiger partial charge in [0, 0.05) is 44.4 Å². The Hall–Kier alpha value is -3.25. The van der Waals surface area contributed by atoms with Crippen molar-refractivity contribution in [3.05, 3.63) is 30.4 Å². The van der Waals surface area contributed by atoms with Gasteiger partial charge in [0.2, 0.25) is 5.95 Å². The summed E-state index contributed by atoms with van der Waals surface area (Å²) in [7, 11) is 1.77. The van der Waals surface area contributed by atoms with Crippen LogP contribution in [-0.4, -0.2) is 50.8 Å². The summed E-state index contributed by atoms with van der Waals surface area (Å²) in [5.41, 5.74) is 1.91. The Balaban J connectivity index is 1.37. The maximum atomic E-state index is 9.30. The second-order valence-corrected chi connectivity index (χ2v) is 8.67. The molecule has 2 fully saturated rings. The minimum absolute atomic E-state index is 0.129. The first-order valence-corrected chi connectivity index (χ1v) is 11.3. The molecular formula is C23H28N8O. The van der Waals surface area contributed by atoms with Crippen LogP contribution in [-0.2, 0) is 4.74 Å². The molecule has 0 amide bonds. The third-order valence-corrected chi connectivity index (χ3v) is 6.66. The molecule has 0 spiro atoms. The van der Waals surface area contributed by atoms with E-state index in [9.17, 15) is 5.26 Å². The molecule has 4 heterocycles. The standard InChI is InChI=1S/C23H28N8O/c1-15-27-19-14-26-22(12-20(19)31(15)17-4-3-16(11-17)13-24)28-21-5-8-25-23(29-21)30-9-6-18(32-2)7-10-30/h5,8,12,14,16-18H,3-4,6-7,9-11H2,1-2H3,(H,25,26,28,29)/t16-,17+/m0/s1. The number of anilines is 3. The van der Waals surface area contributed by atoms with E-state index in [1.165, 1.54) is 0 Å². The number of methoxy groups -OCH3 is 1. The zero-order chi connectivity index (χ0) is 22.1. The predicted molar refractivity (Wildman–Crippen MR) is 122 cm³/mol. The molecule has 1 aliphatic carbocycles. The lowest BCUT2D eigenvalue weighted by Gasteiger charge is -2.31. The van der Waals surface area contributed by atoms with Gasteiger partial charge in [0.1, 0.15) is 23.0 Å². The molecule has 1 saturated carbocycles. The number of hydrogen-bond acceptors (Lipinski definition) is 8. The van der Waals surface area contributed by atoms with E-state index in [1.807, 2.05) is 19.1 Å². The molecule has 1 saturated heterocycles. The lowest BCUT2D eigenvalue weighted by atomic mass is 10.1. The first-order chi connectivity index (χ1) is 15.6. The van der Waals surface area contributed by atoms with Crippen molar-refractivity contribution in [1.82, 2.24) is 24.5 Å². The lowest BCUT2D eigenvalue weighted by molar-refractivity contribution is 0.0816. The summed E-state index contributed by atoms with van der Waals surface area (Å²) in [5.74, 6) is 3.25. The van der Waals surface area contributed by atoms with E-state index in [4.69, 9.17) is 14.7 Å². The maximum absolute atomic E-state index is 9.30. The van der Waals surface area contributed by atoms with Crippen LogP contribution in [0.2, 0.25) is 0 Å². The highest BCUT2D eigenvalue weighted by molar-refractivity contribution is 5.79. The van der Waals surface area contributed by atoms with Gasteiger partial charge in [-0.3, -0.25) is 0 Å². The minimum atomic E-state index is 0.129. The van der Waals surface area contributed by atoms with E-state index in [0.717, 1.165) is 73.8 Å². The van der Waals surface area contributed by atoms with Crippen molar-refractivity contribution >= 4 is 28.6 Å². The number of ether oxygens (including phenoxy) is 1. The molecule has 0 radical (unpaired) electrons. The summed E-state index contributed by atoms with van der Waals surface area (Å²) in [6, 6.07) is 6.61. The van der Waals surface area contributed by atoms with Gasteiger partial charge in [0.05, 0.1) is 23.9 Å². The quantitative estimate of drug-likeness (QED) is 0.650. The van der Waals surface area contributed by atoms with E-state index in [0.29, 0.717) is 18.0 Å². The van der Waals surface area contributed by atoms with Gasteiger partial charge in [-0.05, 0) is 45.1 Å². The van der Waals surface area contributed by atoms with Crippen LogP contribution < -0.4 is 10.2 Å². The number of imidazole rings is 1. The first-order valence-electron chi connectivity index (χ1n) is 11.3. The summed E-state index contributed by atoms with van der Waals surface area (Å²) in [5, 5.41) is 12.6. The van der Waals surface area contributed by atoms with Gasteiger partial charge in [0.25, 0.3) is 0 Å². The molecule has 0 bridgehead atoms. The van der Waals surface area contributed by atoms with Crippen LogP contribution in [0.3, 0.4) is 0 Å². The normalized spacial score (nSPS) is 21.7. The van der Waals surface area contributed by atoms with Crippen molar-refractivity contribution in [3.8, 4) is 6.07 Å². The maximum Gasteiger partial charge on any atom is 0.227 e. The van der Waals surface area contributed by atoms with Crippen molar-refractivity contribution in [2.75, 3.05) is 30.4 Å². The summed E-state index contributed by atoms with van der Waals surface area (Å²) in [6.07, 6.45) is 8.69. The number of rotatable bonds is 5. The molecule has 9 heteroatoms. The number of aryl methyl sites for hydroxylation is 1. The number of nitrogens with zero attached hydrogens (tertiary/aromatic N) is 7. The van der Waals surface area contributed by atoms with Crippen LogP contribution in [0.4, 0.5) is 17.6 Å². The molecule has 2 atom stereocenters. The molecule has 0 aromatic carbocycles. The van der Waals surface area contributed by atoms with Gasteiger partial charge < -0.3 is 19.5 Å². The number of pyridine rings is 1. The number of nitrogens with one attached hydrogen (secondary N) is 1. The van der Waals surface area contributed by atoms with Gasteiger partial charge in [-0.1, -0.05) is 0 Å². The zero-order valence-corrected chi connectivity index (χ0v) is 18.5. The second kappa shape index (κ2) is 8.71. The van der Waals surface area contributed by atoms with Crippen LogP contribution in [0.5, 0.6) is 0 Å². The fourth-order valence-electron chi connectivity index (χ4n) is 4.95. The number of piperidine rings is 1. The SMILES string of the molecule is COC1CCN(c2nccc(Nc3cc4c(cn3)nc(C)n4[C@@H]3CC[C@H](C#N)C3)n2)CC1. The highest BCUT2D eigenvalue weighted by atomic mass is 16.5. The smallest absolute Gasteiger partial charge is 0.227 e. The molecule has 166 valence electrons. The van der Waals surface area contributed by atoms with Crippen LogP contribution in [0.1, 0.15) is 44.0 Å². The van der Waals surface area contributed by atoms with Crippen molar-refractivity contribution < 1.29 is 4.74 Å². The fourth-order valence-corrected chi connectivity index (χ4v) is 4.95. The molecular weight excluding hydrogens is 404 g/mol. The lowest BCUT2D eigenvalue weighted by Crippen LogP contribution is -2.37. The molecule has 0 unspecified atom stereocenters. The van der Waals surface area contributed by atoms with E-state index < -0.39 is 0 Å². The summed E-state index contributed by atoms with van der Waals surface area (Å²) in [4.78, 5) is 20.6. The summed E-state index contributed by atoms with van der Waals surface area (Å²) >= 11 is 0. The fraction of sp³-hybridized carbons (Fsp3) is 0.522. The molecule has 1 N–H and O–H groups in total. The number of fused-ring (bicyclic) bond motifs is 1. The van der Waals surface area contributed by atoms with Gasteiger partial charge in [0.15, 0.2) is 0 Å². The van der Waals surface area contributed by atoms with E-state index in [-0.39, 0.29) is 5.92 Å². The van der Waals surface area contributed by atoms with Crippen molar-refractivity contribution in [2.45, 2.75) is 51.2 Å². The molecule has 9 nitrogen and oxygen atoms in total. The van der Waals surface area contributed by atoms with Crippen molar-refractivity contribution in [1.29, 1.82) is 5.26 Å². The Kier molecular flexibility index (Phi) is 5.62. The molecule has 2 aliphatic rings. The van der Waals surface area contributed by atoms with Crippen molar-refractivity contribution in [3.63, 3.8) is 0 Å². The zero-order valence-electron chi connectivity index (χ0n) is 18.5. The van der Waals surface area contributed by atoms with Crippen molar-refractivity contribution in [2.24, 2.45) is 5.92 Å². The van der Waals surface area contributed by atoms with E-state index in [1.54, 1.807) is 19.5 Å². The summed E-state index contributed by atoms with van der Waals surface area (Å²) < 4.78 is 7.73. The average Bonchev–Trinajstić information content (AvgIpc) is 3.42. The Morgan fingerprint density at radius 2 is 1.97 bits per heavy atom. The Bertz CT molecular complexity index is 1140. The third-order valence-electron chi connectivity index (χ3n) is 6.66.